The Bertz CT molecular complexity index is 1420. The molecule has 32 heavy (non-hydrogen) atoms. The van der Waals surface area contributed by atoms with E-state index in [4.69, 9.17) is 0 Å². The van der Waals surface area contributed by atoms with Gasteiger partial charge in [0.05, 0.1) is 10.5 Å². The SMILES string of the molecule is O=C(C=CC=Cc1ccccc1)c1c(-c2ccccc2)c2cc([N+](=O)[O-])ccc2[nH]c1=O. The number of nitro groups is 1. The Hall–Kier alpha value is -4.58. The van der Waals surface area contributed by atoms with Crippen LogP contribution in [0.5, 0.6) is 0 Å². The summed E-state index contributed by atoms with van der Waals surface area (Å²) in [6.07, 6.45) is 6.45. The number of nitro benzene ring substituents is 1. The lowest BCUT2D eigenvalue weighted by Gasteiger charge is -2.11. The fraction of sp³-hybridized carbons (Fsp3) is 0. The van der Waals surface area contributed by atoms with Crippen LogP contribution >= 0.6 is 0 Å². The van der Waals surface area contributed by atoms with Crippen LogP contribution in [0.15, 0.2) is 102 Å². The molecule has 4 rings (SSSR count). The molecule has 3 aromatic carbocycles. The van der Waals surface area contributed by atoms with Gasteiger partial charge in [-0.3, -0.25) is 19.7 Å². The van der Waals surface area contributed by atoms with Crippen LogP contribution in [-0.2, 0) is 0 Å². The highest BCUT2D eigenvalue weighted by Crippen LogP contribution is 2.32. The first-order chi connectivity index (χ1) is 15.5. The van der Waals surface area contributed by atoms with Crippen molar-refractivity contribution in [3.63, 3.8) is 0 Å². The third-order valence-electron chi connectivity index (χ3n) is 4.96. The molecule has 0 saturated carbocycles. The Morgan fingerprint density at radius 3 is 2.28 bits per heavy atom. The number of pyridine rings is 1. The highest BCUT2D eigenvalue weighted by molar-refractivity contribution is 6.14. The molecule has 0 radical (unpaired) electrons. The van der Waals surface area contributed by atoms with E-state index < -0.39 is 16.3 Å². The van der Waals surface area contributed by atoms with Gasteiger partial charge in [-0.1, -0.05) is 78.9 Å². The Morgan fingerprint density at radius 1 is 0.906 bits per heavy atom. The Morgan fingerprint density at radius 2 is 1.59 bits per heavy atom. The highest BCUT2D eigenvalue weighted by Gasteiger charge is 2.20. The fourth-order valence-corrected chi connectivity index (χ4v) is 3.49. The summed E-state index contributed by atoms with van der Waals surface area (Å²) in [7, 11) is 0. The quantitative estimate of drug-likeness (QED) is 0.145. The van der Waals surface area contributed by atoms with E-state index >= 15 is 0 Å². The number of benzene rings is 3. The number of allylic oxidation sites excluding steroid dienone is 3. The molecule has 0 amide bonds. The summed E-state index contributed by atoms with van der Waals surface area (Å²) in [5, 5.41) is 11.7. The van der Waals surface area contributed by atoms with E-state index in [0.29, 0.717) is 22.0 Å². The number of H-pyrrole nitrogens is 1. The third kappa shape index (κ3) is 4.29. The molecule has 1 aromatic heterocycles. The summed E-state index contributed by atoms with van der Waals surface area (Å²) in [6, 6.07) is 22.7. The van der Waals surface area contributed by atoms with Gasteiger partial charge in [0.1, 0.15) is 0 Å². The van der Waals surface area contributed by atoms with Gasteiger partial charge in [-0.25, -0.2) is 0 Å². The molecule has 0 atom stereocenters. The molecule has 0 aliphatic heterocycles. The van der Waals surface area contributed by atoms with Gasteiger partial charge in [0.25, 0.3) is 11.2 Å². The predicted molar refractivity (Wildman–Crippen MR) is 126 cm³/mol. The van der Waals surface area contributed by atoms with Crippen LogP contribution in [-0.4, -0.2) is 15.7 Å². The number of carbonyl (C=O) groups excluding carboxylic acids is 1. The van der Waals surface area contributed by atoms with Gasteiger partial charge in [-0.15, -0.1) is 0 Å². The normalized spacial score (nSPS) is 11.4. The van der Waals surface area contributed by atoms with Crippen molar-refractivity contribution in [3.8, 4) is 11.1 Å². The zero-order valence-corrected chi connectivity index (χ0v) is 16.9. The van der Waals surface area contributed by atoms with Crippen LogP contribution in [0.3, 0.4) is 0 Å². The minimum absolute atomic E-state index is 0.0615. The Balaban J connectivity index is 1.84. The van der Waals surface area contributed by atoms with Gasteiger partial charge in [0, 0.05) is 28.6 Å². The van der Waals surface area contributed by atoms with Crippen molar-refractivity contribution >= 4 is 28.4 Å². The monoisotopic (exact) mass is 422 g/mol. The Labute approximate surface area is 183 Å². The molecule has 0 aliphatic rings. The number of rotatable bonds is 6. The van der Waals surface area contributed by atoms with Crippen LogP contribution in [0.25, 0.3) is 28.1 Å². The Kier molecular flexibility index (Phi) is 5.85. The number of nitrogens with zero attached hydrogens (tertiary/aromatic N) is 1. The molecule has 0 aliphatic carbocycles. The van der Waals surface area contributed by atoms with Gasteiger partial charge in [-0.05, 0) is 23.3 Å². The molecule has 4 aromatic rings. The van der Waals surface area contributed by atoms with Gasteiger partial charge in [0.15, 0.2) is 5.78 Å². The summed E-state index contributed by atoms with van der Waals surface area (Å²) in [6.45, 7) is 0. The summed E-state index contributed by atoms with van der Waals surface area (Å²) in [5.74, 6) is -0.490. The first-order valence-electron chi connectivity index (χ1n) is 9.88. The highest BCUT2D eigenvalue weighted by atomic mass is 16.6. The van der Waals surface area contributed by atoms with Crippen LogP contribution in [0.4, 0.5) is 5.69 Å². The maximum Gasteiger partial charge on any atom is 0.270 e. The molecule has 0 unspecified atom stereocenters. The second-order valence-corrected chi connectivity index (χ2v) is 7.05. The molecular formula is C26H18N2O4. The second kappa shape index (κ2) is 9.06. The summed E-state index contributed by atoms with van der Waals surface area (Å²) < 4.78 is 0. The van der Waals surface area contributed by atoms with Gasteiger partial charge >= 0.3 is 0 Å². The van der Waals surface area contributed by atoms with Crippen LogP contribution < -0.4 is 5.56 Å². The van der Waals surface area contributed by atoms with Crippen LogP contribution in [0.1, 0.15) is 15.9 Å². The number of hydrogen-bond acceptors (Lipinski definition) is 4. The van der Waals surface area contributed by atoms with Gasteiger partial charge < -0.3 is 4.98 Å². The lowest BCUT2D eigenvalue weighted by molar-refractivity contribution is -0.384. The fourth-order valence-electron chi connectivity index (χ4n) is 3.49. The lowest BCUT2D eigenvalue weighted by atomic mass is 9.93. The van der Waals surface area contributed by atoms with Crippen molar-refractivity contribution in [1.29, 1.82) is 0 Å². The second-order valence-electron chi connectivity index (χ2n) is 7.05. The van der Waals surface area contributed by atoms with E-state index in [2.05, 4.69) is 4.98 Å². The maximum absolute atomic E-state index is 13.1. The standard InChI is InChI=1S/C26H18N2O4/c29-23(14-8-7-11-18-9-3-1-4-10-18)25-24(19-12-5-2-6-13-19)21-17-20(28(31)32)15-16-22(21)27-26(25)30/h1-17H,(H,27,30). The minimum atomic E-state index is -0.549. The van der Waals surface area contributed by atoms with E-state index in [0.717, 1.165) is 5.56 Å². The molecule has 0 bridgehead atoms. The van der Waals surface area contributed by atoms with Crippen molar-refractivity contribution in [2.45, 2.75) is 0 Å². The molecule has 0 saturated heterocycles. The number of non-ortho nitro benzene ring substituents is 1. The molecule has 156 valence electrons. The summed E-state index contributed by atoms with van der Waals surface area (Å²) >= 11 is 0. The van der Waals surface area contributed by atoms with Gasteiger partial charge in [0.2, 0.25) is 0 Å². The largest absolute Gasteiger partial charge is 0.321 e. The molecular weight excluding hydrogens is 404 g/mol. The number of aromatic amines is 1. The van der Waals surface area contributed by atoms with Crippen LogP contribution in [0, 0.1) is 10.1 Å². The molecule has 0 fully saturated rings. The first kappa shape index (κ1) is 20.7. The maximum atomic E-state index is 13.1. The molecule has 1 heterocycles. The number of ketones is 1. The molecule has 0 spiro atoms. The zero-order valence-electron chi connectivity index (χ0n) is 16.9. The summed E-state index contributed by atoms with van der Waals surface area (Å²) in [4.78, 5) is 39.4. The number of hydrogen-bond donors (Lipinski definition) is 1. The first-order valence-corrected chi connectivity index (χ1v) is 9.88. The third-order valence-corrected chi connectivity index (χ3v) is 4.96. The lowest BCUT2D eigenvalue weighted by Crippen LogP contribution is -2.18. The number of carbonyl (C=O) groups is 1. The van der Waals surface area contributed by atoms with E-state index in [-0.39, 0.29) is 11.3 Å². The molecule has 6 nitrogen and oxygen atoms in total. The smallest absolute Gasteiger partial charge is 0.270 e. The van der Waals surface area contributed by atoms with E-state index in [1.54, 1.807) is 36.4 Å². The molecule has 6 heteroatoms. The van der Waals surface area contributed by atoms with E-state index in [1.807, 2.05) is 42.5 Å². The predicted octanol–water partition coefficient (Wildman–Crippen LogP) is 5.56. The average Bonchev–Trinajstić information content (AvgIpc) is 2.81. The van der Waals surface area contributed by atoms with Crippen molar-refractivity contribution in [2.24, 2.45) is 0 Å². The number of aromatic nitrogens is 1. The molecule has 1 N–H and O–H groups in total. The van der Waals surface area contributed by atoms with Gasteiger partial charge in [-0.2, -0.15) is 0 Å². The summed E-state index contributed by atoms with van der Waals surface area (Å²) in [5.41, 5.74) is 1.66. The zero-order chi connectivity index (χ0) is 22.5. The van der Waals surface area contributed by atoms with E-state index in [1.165, 1.54) is 24.3 Å². The van der Waals surface area contributed by atoms with E-state index in [9.17, 15) is 19.7 Å². The van der Waals surface area contributed by atoms with Crippen molar-refractivity contribution in [3.05, 3.63) is 129 Å². The minimum Gasteiger partial charge on any atom is -0.321 e. The number of fused-ring (bicyclic) bond motifs is 1. The topological polar surface area (TPSA) is 93.1 Å². The van der Waals surface area contributed by atoms with Crippen LogP contribution in [0.2, 0.25) is 0 Å². The van der Waals surface area contributed by atoms with Crippen molar-refractivity contribution in [2.75, 3.05) is 0 Å². The number of nitrogens with one attached hydrogen (secondary N) is 1. The van der Waals surface area contributed by atoms with Crippen molar-refractivity contribution < 1.29 is 9.72 Å². The van der Waals surface area contributed by atoms with Crippen molar-refractivity contribution in [1.82, 2.24) is 4.98 Å². The average molecular weight is 422 g/mol.